The number of halogens is 3. The van der Waals surface area contributed by atoms with Gasteiger partial charge >= 0.3 is 0 Å². The maximum atomic E-state index is 13.7. The zero-order valence-electron chi connectivity index (χ0n) is 9.71. The number of furan rings is 1. The minimum Gasteiger partial charge on any atom is -0.453 e. The molecule has 0 fully saturated rings. The zero-order chi connectivity index (χ0) is 13.1. The Morgan fingerprint density at radius 3 is 2.67 bits per heavy atom. The molecule has 0 spiro atoms. The van der Waals surface area contributed by atoms with Gasteiger partial charge in [0, 0.05) is 22.2 Å². The Balaban J connectivity index is 2.29. The molecule has 1 aromatic carbocycles. The van der Waals surface area contributed by atoms with Crippen molar-refractivity contribution < 1.29 is 8.81 Å². The highest BCUT2D eigenvalue weighted by Gasteiger charge is 2.19. The first-order valence-electron chi connectivity index (χ1n) is 5.46. The average Bonchev–Trinajstić information content (AvgIpc) is 2.76. The van der Waals surface area contributed by atoms with E-state index >= 15 is 0 Å². The van der Waals surface area contributed by atoms with Crippen molar-refractivity contribution in [2.75, 3.05) is 7.05 Å². The predicted octanol–water partition coefficient (Wildman–Crippen LogP) is 4.23. The number of nitrogens with one attached hydrogen (secondary N) is 1. The topological polar surface area (TPSA) is 25.2 Å². The van der Waals surface area contributed by atoms with E-state index in [-0.39, 0.29) is 11.9 Å². The summed E-state index contributed by atoms with van der Waals surface area (Å²) in [5.74, 6) is -0.317. The van der Waals surface area contributed by atoms with Crippen LogP contribution in [-0.4, -0.2) is 7.05 Å². The molecule has 0 saturated carbocycles. The van der Waals surface area contributed by atoms with E-state index in [1.165, 1.54) is 12.3 Å². The van der Waals surface area contributed by atoms with E-state index in [0.29, 0.717) is 22.2 Å². The smallest absolute Gasteiger partial charge is 0.197 e. The Hall–Kier alpha value is -1.03. The zero-order valence-corrected chi connectivity index (χ0v) is 11.2. The maximum absolute atomic E-state index is 13.7. The number of likely N-dealkylation sites (N-methyl/N-ethyl adjacent to an activating group) is 1. The molecule has 0 aliphatic heterocycles. The van der Waals surface area contributed by atoms with Crippen LogP contribution in [0.1, 0.15) is 17.2 Å². The lowest BCUT2D eigenvalue weighted by Crippen LogP contribution is -2.19. The third-order valence-corrected chi connectivity index (χ3v) is 3.50. The molecule has 96 valence electrons. The lowest BCUT2D eigenvalue weighted by atomic mass is 10.0. The minimum absolute atomic E-state index is 0.148. The van der Waals surface area contributed by atoms with Gasteiger partial charge in [0.1, 0.15) is 5.82 Å². The van der Waals surface area contributed by atoms with Gasteiger partial charge in [-0.2, -0.15) is 0 Å². The van der Waals surface area contributed by atoms with Crippen LogP contribution in [0.3, 0.4) is 0 Å². The first kappa shape index (κ1) is 13.4. The van der Waals surface area contributed by atoms with Crippen LogP contribution in [0.25, 0.3) is 0 Å². The summed E-state index contributed by atoms with van der Waals surface area (Å²) in [6.45, 7) is 0. The molecule has 0 aliphatic carbocycles. The molecule has 1 unspecified atom stereocenters. The van der Waals surface area contributed by atoms with Crippen molar-refractivity contribution in [3.63, 3.8) is 0 Å². The first-order chi connectivity index (χ1) is 8.63. The highest BCUT2D eigenvalue weighted by molar-refractivity contribution is 6.31. The maximum Gasteiger partial charge on any atom is 0.197 e. The molecule has 0 bridgehead atoms. The van der Waals surface area contributed by atoms with Crippen molar-refractivity contribution in [3.05, 3.63) is 57.7 Å². The van der Waals surface area contributed by atoms with Crippen molar-refractivity contribution >= 4 is 23.2 Å². The van der Waals surface area contributed by atoms with Crippen LogP contribution in [0.2, 0.25) is 10.2 Å². The van der Waals surface area contributed by atoms with Crippen LogP contribution in [0.15, 0.2) is 34.9 Å². The molecule has 0 aliphatic rings. The number of rotatable bonds is 4. The molecule has 2 rings (SSSR count). The van der Waals surface area contributed by atoms with Crippen LogP contribution in [0, 0.1) is 5.82 Å². The summed E-state index contributed by atoms with van der Waals surface area (Å²) >= 11 is 11.9. The molecule has 1 aromatic heterocycles. The van der Waals surface area contributed by atoms with Crippen LogP contribution in [0.4, 0.5) is 4.39 Å². The highest BCUT2D eigenvalue weighted by atomic mass is 35.5. The fourth-order valence-corrected chi connectivity index (χ4v) is 2.34. The Labute approximate surface area is 115 Å². The summed E-state index contributed by atoms with van der Waals surface area (Å²) < 4.78 is 18.8. The molecular formula is C13H12Cl2FNO. The van der Waals surface area contributed by atoms with Crippen LogP contribution in [-0.2, 0) is 6.42 Å². The van der Waals surface area contributed by atoms with Gasteiger partial charge in [0.2, 0.25) is 0 Å². The average molecular weight is 288 g/mol. The summed E-state index contributed by atoms with van der Waals surface area (Å²) in [6, 6.07) is 6.26. The predicted molar refractivity (Wildman–Crippen MR) is 70.6 cm³/mol. The highest BCUT2D eigenvalue weighted by Crippen LogP contribution is 2.29. The largest absolute Gasteiger partial charge is 0.453 e. The summed E-state index contributed by atoms with van der Waals surface area (Å²) in [5.41, 5.74) is 1.26. The van der Waals surface area contributed by atoms with Gasteiger partial charge in [-0.1, -0.05) is 17.7 Å². The molecular weight excluding hydrogens is 276 g/mol. The lowest BCUT2D eigenvalue weighted by Gasteiger charge is -2.16. The Kier molecular flexibility index (Phi) is 4.27. The van der Waals surface area contributed by atoms with Gasteiger partial charge in [0.15, 0.2) is 5.22 Å². The van der Waals surface area contributed by atoms with Gasteiger partial charge in [-0.05, 0) is 43.3 Å². The number of hydrogen-bond donors (Lipinski definition) is 1. The molecule has 0 amide bonds. The Morgan fingerprint density at radius 2 is 2.11 bits per heavy atom. The van der Waals surface area contributed by atoms with E-state index in [1.54, 1.807) is 25.2 Å². The van der Waals surface area contributed by atoms with E-state index in [1.807, 2.05) is 0 Å². The monoisotopic (exact) mass is 287 g/mol. The summed E-state index contributed by atoms with van der Waals surface area (Å²) in [7, 11) is 1.78. The Bertz CT molecular complexity index is 521. The van der Waals surface area contributed by atoms with Crippen LogP contribution in [0.5, 0.6) is 0 Å². The van der Waals surface area contributed by atoms with Crippen molar-refractivity contribution in [2.24, 2.45) is 0 Å². The van der Waals surface area contributed by atoms with Crippen LogP contribution < -0.4 is 5.32 Å². The fraction of sp³-hybridized carbons (Fsp3) is 0.231. The van der Waals surface area contributed by atoms with E-state index in [2.05, 4.69) is 5.32 Å². The molecule has 2 nitrogen and oxygen atoms in total. The van der Waals surface area contributed by atoms with Gasteiger partial charge in [0.05, 0.1) is 6.26 Å². The van der Waals surface area contributed by atoms with E-state index in [4.69, 9.17) is 27.6 Å². The van der Waals surface area contributed by atoms with E-state index in [9.17, 15) is 4.39 Å². The van der Waals surface area contributed by atoms with Gasteiger partial charge in [0.25, 0.3) is 0 Å². The first-order valence-corrected chi connectivity index (χ1v) is 6.22. The number of hydrogen-bond acceptors (Lipinski definition) is 2. The summed E-state index contributed by atoms with van der Waals surface area (Å²) in [6.07, 6.45) is 1.91. The van der Waals surface area contributed by atoms with Crippen molar-refractivity contribution in [3.8, 4) is 0 Å². The summed E-state index contributed by atoms with van der Waals surface area (Å²) in [4.78, 5) is 0. The van der Waals surface area contributed by atoms with Gasteiger partial charge in [-0.3, -0.25) is 0 Å². The second-order valence-electron chi connectivity index (χ2n) is 3.90. The van der Waals surface area contributed by atoms with Gasteiger partial charge in [-0.15, -0.1) is 0 Å². The lowest BCUT2D eigenvalue weighted by molar-refractivity contribution is 0.533. The van der Waals surface area contributed by atoms with Crippen molar-refractivity contribution in [2.45, 2.75) is 12.5 Å². The third-order valence-electron chi connectivity index (χ3n) is 2.84. The molecule has 1 heterocycles. The SMILES string of the molecule is CNC(Cc1c(F)cccc1Cl)c1ccoc1Cl. The summed E-state index contributed by atoms with van der Waals surface area (Å²) in [5, 5.41) is 3.80. The van der Waals surface area contributed by atoms with Crippen LogP contribution >= 0.6 is 23.2 Å². The molecule has 0 radical (unpaired) electrons. The van der Waals surface area contributed by atoms with Crippen molar-refractivity contribution in [1.29, 1.82) is 0 Å². The molecule has 2 aromatic rings. The van der Waals surface area contributed by atoms with Crippen molar-refractivity contribution in [1.82, 2.24) is 5.32 Å². The molecule has 1 atom stereocenters. The van der Waals surface area contributed by atoms with Gasteiger partial charge in [-0.25, -0.2) is 4.39 Å². The quantitative estimate of drug-likeness (QED) is 0.910. The second kappa shape index (κ2) is 5.74. The van der Waals surface area contributed by atoms with E-state index in [0.717, 1.165) is 5.56 Å². The van der Waals surface area contributed by atoms with E-state index < -0.39 is 0 Å². The fourth-order valence-electron chi connectivity index (χ4n) is 1.85. The minimum atomic E-state index is -0.317. The normalized spacial score (nSPS) is 12.7. The molecule has 18 heavy (non-hydrogen) atoms. The van der Waals surface area contributed by atoms with Gasteiger partial charge < -0.3 is 9.73 Å². The molecule has 0 saturated heterocycles. The third kappa shape index (κ3) is 2.69. The molecule has 1 N–H and O–H groups in total. The molecule has 5 heteroatoms. The second-order valence-corrected chi connectivity index (χ2v) is 4.65. The standard InChI is InChI=1S/C13H12Cl2FNO/c1-17-12(8-5-6-18-13(8)15)7-9-10(14)3-2-4-11(9)16/h2-6,12,17H,7H2,1H3. The number of benzene rings is 1. The Morgan fingerprint density at radius 1 is 1.33 bits per heavy atom.